The van der Waals surface area contributed by atoms with Crippen LogP contribution in [0.15, 0.2) is 42.5 Å². The first-order valence-corrected chi connectivity index (χ1v) is 8.07. The number of carbonyl (C=O) groups excluding carboxylic acids is 2. The first-order valence-electron chi connectivity index (χ1n) is 8.07. The summed E-state index contributed by atoms with van der Waals surface area (Å²) in [5, 5.41) is 3.08. The molecule has 0 radical (unpaired) electrons. The van der Waals surface area contributed by atoms with Crippen LogP contribution >= 0.6 is 0 Å². The standard InChI is InChI=1S/C19H19N3O2/c1-21(2)13-8-6-12(7-9-13)18-20-19(24)15-5-3-4-14-16(23)10-11-22(18)17(14)15/h3-9,18H,10-11H2,1-2H3,(H,20,24). The number of rotatable bonds is 2. The van der Waals surface area contributed by atoms with Crippen molar-refractivity contribution < 1.29 is 9.59 Å². The van der Waals surface area contributed by atoms with Crippen LogP contribution in [0.1, 0.15) is 38.9 Å². The molecule has 4 rings (SSSR count). The summed E-state index contributed by atoms with van der Waals surface area (Å²) in [5.41, 5.74) is 4.14. The zero-order chi connectivity index (χ0) is 16.8. The minimum Gasteiger partial charge on any atom is -0.378 e. The van der Waals surface area contributed by atoms with Crippen molar-refractivity contribution in [3.8, 4) is 0 Å². The Morgan fingerprint density at radius 3 is 2.46 bits per heavy atom. The third-order valence-corrected chi connectivity index (χ3v) is 4.75. The zero-order valence-corrected chi connectivity index (χ0v) is 13.7. The molecule has 2 heterocycles. The highest BCUT2D eigenvalue weighted by atomic mass is 16.2. The molecule has 5 nitrogen and oxygen atoms in total. The fourth-order valence-electron chi connectivity index (χ4n) is 3.49. The first kappa shape index (κ1) is 14.8. The summed E-state index contributed by atoms with van der Waals surface area (Å²) >= 11 is 0. The van der Waals surface area contributed by atoms with Crippen molar-refractivity contribution in [2.45, 2.75) is 12.6 Å². The van der Waals surface area contributed by atoms with Crippen LogP contribution in [0.25, 0.3) is 0 Å². The highest BCUT2D eigenvalue weighted by molar-refractivity contribution is 6.11. The normalized spacial score (nSPS) is 18.9. The van der Waals surface area contributed by atoms with Gasteiger partial charge in [-0.15, -0.1) is 0 Å². The largest absolute Gasteiger partial charge is 0.378 e. The van der Waals surface area contributed by atoms with Crippen LogP contribution in [0.5, 0.6) is 0 Å². The highest BCUT2D eigenvalue weighted by Gasteiger charge is 2.37. The monoisotopic (exact) mass is 321 g/mol. The average Bonchev–Trinajstić information content (AvgIpc) is 2.60. The van der Waals surface area contributed by atoms with Crippen molar-refractivity contribution in [1.29, 1.82) is 0 Å². The third-order valence-electron chi connectivity index (χ3n) is 4.75. The summed E-state index contributed by atoms with van der Waals surface area (Å²) < 4.78 is 0. The first-order chi connectivity index (χ1) is 11.6. The molecule has 0 spiro atoms. The minimum absolute atomic E-state index is 0.111. The summed E-state index contributed by atoms with van der Waals surface area (Å²) in [7, 11) is 3.99. The molecule has 2 aromatic rings. The van der Waals surface area contributed by atoms with E-state index in [4.69, 9.17) is 0 Å². The van der Waals surface area contributed by atoms with Gasteiger partial charge in [-0.2, -0.15) is 0 Å². The Balaban J connectivity index is 1.79. The van der Waals surface area contributed by atoms with Crippen LogP contribution in [-0.2, 0) is 0 Å². The molecule has 0 aromatic heterocycles. The molecule has 2 aromatic carbocycles. The smallest absolute Gasteiger partial charge is 0.255 e. The molecule has 0 fully saturated rings. The van der Waals surface area contributed by atoms with E-state index in [2.05, 4.69) is 10.2 Å². The van der Waals surface area contributed by atoms with E-state index in [1.54, 1.807) is 12.1 Å². The van der Waals surface area contributed by atoms with Crippen molar-refractivity contribution in [1.82, 2.24) is 5.32 Å². The minimum atomic E-state index is -0.240. The van der Waals surface area contributed by atoms with Gasteiger partial charge in [0.2, 0.25) is 0 Å². The van der Waals surface area contributed by atoms with Crippen LogP contribution in [0.3, 0.4) is 0 Å². The molecule has 0 aliphatic carbocycles. The lowest BCUT2D eigenvalue weighted by molar-refractivity contribution is 0.0921. The third kappa shape index (κ3) is 2.16. The van der Waals surface area contributed by atoms with Crippen LogP contribution in [-0.4, -0.2) is 32.3 Å². The van der Waals surface area contributed by atoms with E-state index in [-0.39, 0.29) is 17.9 Å². The molecule has 1 N–H and O–H groups in total. The lowest BCUT2D eigenvalue weighted by Gasteiger charge is -2.42. The zero-order valence-electron chi connectivity index (χ0n) is 13.7. The fraction of sp³-hybridized carbons (Fsp3) is 0.263. The number of ketones is 1. The van der Waals surface area contributed by atoms with E-state index in [0.29, 0.717) is 24.1 Å². The van der Waals surface area contributed by atoms with Gasteiger partial charge in [-0.25, -0.2) is 0 Å². The van der Waals surface area contributed by atoms with Gasteiger partial charge in [0.15, 0.2) is 5.78 Å². The van der Waals surface area contributed by atoms with E-state index in [0.717, 1.165) is 16.9 Å². The Morgan fingerprint density at radius 1 is 1.04 bits per heavy atom. The Labute approximate surface area is 140 Å². The Morgan fingerprint density at radius 2 is 1.75 bits per heavy atom. The molecule has 2 aliphatic heterocycles. The lowest BCUT2D eigenvalue weighted by atomic mass is 9.92. The average molecular weight is 321 g/mol. The maximum absolute atomic E-state index is 12.5. The van der Waals surface area contributed by atoms with Gasteiger partial charge in [-0.1, -0.05) is 18.2 Å². The second-order valence-electron chi connectivity index (χ2n) is 6.43. The predicted octanol–water partition coefficient (Wildman–Crippen LogP) is 2.59. The topological polar surface area (TPSA) is 52.7 Å². The quantitative estimate of drug-likeness (QED) is 0.924. The Bertz CT molecular complexity index is 813. The molecule has 5 heteroatoms. The molecule has 0 bridgehead atoms. The molecule has 0 saturated heterocycles. The molecular formula is C19H19N3O2. The number of hydrogen-bond acceptors (Lipinski definition) is 4. The molecule has 1 atom stereocenters. The number of para-hydroxylation sites is 1. The molecule has 2 aliphatic rings. The number of carbonyl (C=O) groups is 2. The van der Waals surface area contributed by atoms with E-state index in [1.807, 2.05) is 49.3 Å². The van der Waals surface area contributed by atoms with Gasteiger partial charge in [0.1, 0.15) is 6.17 Å². The fourth-order valence-corrected chi connectivity index (χ4v) is 3.49. The van der Waals surface area contributed by atoms with E-state index in [1.165, 1.54) is 0 Å². The van der Waals surface area contributed by atoms with Gasteiger partial charge in [0.25, 0.3) is 5.91 Å². The second kappa shape index (κ2) is 5.37. The van der Waals surface area contributed by atoms with Crippen LogP contribution < -0.4 is 15.1 Å². The molecule has 122 valence electrons. The van der Waals surface area contributed by atoms with E-state index in [9.17, 15) is 9.59 Å². The van der Waals surface area contributed by atoms with Crippen LogP contribution in [0.2, 0.25) is 0 Å². The SMILES string of the molecule is CN(C)c1ccc(C2NC(=O)c3cccc4c3N2CCC4=O)cc1. The van der Waals surface area contributed by atoms with Crippen LogP contribution in [0, 0.1) is 0 Å². The van der Waals surface area contributed by atoms with Gasteiger partial charge >= 0.3 is 0 Å². The maximum Gasteiger partial charge on any atom is 0.255 e. The van der Waals surface area contributed by atoms with Gasteiger partial charge in [-0.05, 0) is 29.8 Å². The van der Waals surface area contributed by atoms with Gasteiger partial charge in [0.05, 0.1) is 11.3 Å². The number of Topliss-reactive ketones (excluding diaryl/α,β-unsaturated/α-hetero) is 1. The van der Waals surface area contributed by atoms with E-state index < -0.39 is 0 Å². The van der Waals surface area contributed by atoms with Gasteiger partial charge < -0.3 is 15.1 Å². The summed E-state index contributed by atoms with van der Waals surface area (Å²) in [6.07, 6.45) is 0.231. The second-order valence-corrected chi connectivity index (χ2v) is 6.43. The molecule has 24 heavy (non-hydrogen) atoms. The Hall–Kier alpha value is -2.82. The summed E-state index contributed by atoms with van der Waals surface area (Å²) in [5.74, 6) is -0.0148. The van der Waals surface area contributed by atoms with Crippen molar-refractivity contribution in [2.24, 2.45) is 0 Å². The summed E-state index contributed by atoms with van der Waals surface area (Å²) in [6.45, 7) is 0.614. The Kier molecular flexibility index (Phi) is 3.30. The summed E-state index contributed by atoms with van der Waals surface area (Å²) in [6, 6.07) is 13.5. The number of hydrogen-bond donors (Lipinski definition) is 1. The lowest BCUT2D eigenvalue weighted by Crippen LogP contribution is -2.49. The number of nitrogens with zero attached hydrogens (tertiary/aromatic N) is 2. The molecular weight excluding hydrogens is 302 g/mol. The molecule has 1 amide bonds. The van der Waals surface area contributed by atoms with E-state index >= 15 is 0 Å². The van der Waals surface area contributed by atoms with Crippen molar-refractivity contribution in [2.75, 3.05) is 30.4 Å². The van der Waals surface area contributed by atoms with Crippen LogP contribution in [0.4, 0.5) is 11.4 Å². The van der Waals surface area contributed by atoms with Gasteiger partial charge in [0, 0.05) is 38.3 Å². The van der Waals surface area contributed by atoms with Crippen molar-refractivity contribution in [3.05, 3.63) is 59.2 Å². The number of nitrogens with one attached hydrogen (secondary N) is 1. The number of anilines is 2. The molecule has 1 unspecified atom stereocenters. The van der Waals surface area contributed by atoms with Gasteiger partial charge in [-0.3, -0.25) is 9.59 Å². The number of benzene rings is 2. The maximum atomic E-state index is 12.5. The number of amides is 1. The molecule has 0 saturated carbocycles. The highest BCUT2D eigenvalue weighted by Crippen LogP contribution is 2.39. The van der Waals surface area contributed by atoms with Crippen molar-refractivity contribution in [3.63, 3.8) is 0 Å². The van der Waals surface area contributed by atoms with Crippen molar-refractivity contribution >= 4 is 23.1 Å². The summed E-state index contributed by atoms with van der Waals surface area (Å²) in [4.78, 5) is 28.9. The predicted molar refractivity (Wildman–Crippen MR) is 93.7 cm³/mol.